The van der Waals surface area contributed by atoms with Crippen LogP contribution < -0.4 is 5.43 Å². The Balaban J connectivity index is 1.83. The van der Waals surface area contributed by atoms with Crippen molar-refractivity contribution in [2.75, 3.05) is 33.2 Å². The molecule has 106 valence electrons. The van der Waals surface area contributed by atoms with Crippen LogP contribution in [0, 0.1) is 0 Å². The summed E-state index contributed by atoms with van der Waals surface area (Å²) < 4.78 is 0. The molecule has 0 bridgehead atoms. The fraction of sp³-hybridized carbons (Fsp3) is 0.625. The molecule has 2 rings (SSSR count). The van der Waals surface area contributed by atoms with Gasteiger partial charge in [0.05, 0.1) is 0 Å². The van der Waals surface area contributed by atoms with Gasteiger partial charge in [-0.05, 0) is 23.6 Å². The predicted octanol–water partition coefficient (Wildman–Crippen LogP) is 2.24. The molecule has 1 heterocycles. The van der Waals surface area contributed by atoms with Gasteiger partial charge in [0.25, 0.3) is 0 Å². The number of hydrogen-bond acceptors (Lipinski definition) is 3. The number of hydrogen-bond donors (Lipinski definition) is 1. The Bertz CT molecular complexity index is 383. The molecule has 1 aliphatic heterocycles. The van der Waals surface area contributed by atoms with E-state index in [1.54, 1.807) is 0 Å². The Morgan fingerprint density at radius 1 is 1.00 bits per heavy atom. The Labute approximate surface area is 117 Å². The first-order valence-corrected chi connectivity index (χ1v) is 7.21. The van der Waals surface area contributed by atoms with Gasteiger partial charge in [0.1, 0.15) is 0 Å². The molecule has 3 heteroatoms. The van der Waals surface area contributed by atoms with Gasteiger partial charge in [-0.1, -0.05) is 45.0 Å². The summed E-state index contributed by atoms with van der Waals surface area (Å²) in [5.74, 6) is 0. The molecule has 19 heavy (non-hydrogen) atoms. The monoisotopic (exact) mass is 261 g/mol. The SMILES string of the molecule is CN1CCN(NCc2ccc(C(C)(C)C)cc2)CC1. The first-order valence-electron chi connectivity index (χ1n) is 7.21. The number of hydrazine groups is 1. The van der Waals surface area contributed by atoms with Gasteiger partial charge in [0.2, 0.25) is 0 Å². The maximum Gasteiger partial charge on any atom is 0.0353 e. The topological polar surface area (TPSA) is 18.5 Å². The lowest BCUT2D eigenvalue weighted by atomic mass is 9.87. The fourth-order valence-electron chi connectivity index (χ4n) is 2.29. The third-order valence-corrected chi connectivity index (χ3v) is 3.83. The average Bonchev–Trinajstić information content (AvgIpc) is 2.37. The lowest BCUT2D eigenvalue weighted by molar-refractivity contribution is 0.102. The molecule has 0 unspecified atom stereocenters. The van der Waals surface area contributed by atoms with Gasteiger partial charge in [-0.25, -0.2) is 5.01 Å². The number of piperazine rings is 1. The third kappa shape index (κ3) is 4.30. The molecule has 1 aromatic carbocycles. The van der Waals surface area contributed by atoms with Crippen molar-refractivity contribution in [1.29, 1.82) is 0 Å². The van der Waals surface area contributed by atoms with E-state index in [0.29, 0.717) is 0 Å². The van der Waals surface area contributed by atoms with Crippen LogP contribution in [-0.4, -0.2) is 43.1 Å². The number of likely N-dealkylation sites (N-methyl/N-ethyl adjacent to an activating group) is 1. The van der Waals surface area contributed by atoms with Crippen molar-refractivity contribution in [3.05, 3.63) is 35.4 Å². The Hall–Kier alpha value is -0.900. The van der Waals surface area contributed by atoms with Crippen LogP contribution in [0.1, 0.15) is 31.9 Å². The van der Waals surface area contributed by atoms with Crippen molar-refractivity contribution < 1.29 is 0 Å². The van der Waals surface area contributed by atoms with Crippen molar-refractivity contribution in [2.24, 2.45) is 0 Å². The lowest BCUT2D eigenvalue weighted by Gasteiger charge is -2.32. The Morgan fingerprint density at radius 2 is 1.58 bits per heavy atom. The lowest BCUT2D eigenvalue weighted by Crippen LogP contribution is -2.50. The molecule has 1 fully saturated rings. The van der Waals surface area contributed by atoms with E-state index in [0.717, 1.165) is 32.7 Å². The van der Waals surface area contributed by atoms with Crippen LogP contribution in [-0.2, 0) is 12.0 Å². The molecule has 0 spiro atoms. The highest BCUT2D eigenvalue weighted by Gasteiger charge is 2.14. The minimum atomic E-state index is 0.239. The Morgan fingerprint density at radius 3 is 2.11 bits per heavy atom. The van der Waals surface area contributed by atoms with Crippen LogP contribution in [0.3, 0.4) is 0 Å². The second-order valence-electron chi connectivity index (χ2n) is 6.57. The Kier molecular flexibility index (Phi) is 4.61. The molecule has 0 aliphatic carbocycles. The number of nitrogens with zero attached hydrogens (tertiary/aromatic N) is 2. The summed E-state index contributed by atoms with van der Waals surface area (Å²) in [6.45, 7) is 12.2. The van der Waals surface area contributed by atoms with E-state index in [1.165, 1.54) is 11.1 Å². The quantitative estimate of drug-likeness (QED) is 0.900. The van der Waals surface area contributed by atoms with E-state index >= 15 is 0 Å². The zero-order valence-electron chi connectivity index (χ0n) is 12.7. The molecule has 0 aromatic heterocycles. The summed E-state index contributed by atoms with van der Waals surface area (Å²) in [6.07, 6.45) is 0. The van der Waals surface area contributed by atoms with Crippen LogP contribution in [0.25, 0.3) is 0 Å². The second kappa shape index (κ2) is 6.04. The zero-order chi connectivity index (χ0) is 13.9. The first kappa shape index (κ1) is 14.5. The van der Waals surface area contributed by atoms with E-state index in [-0.39, 0.29) is 5.41 Å². The normalized spacial score (nSPS) is 18.7. The van der Waals surface area contributed by atoms with E-state index < -0.39 is 0 Å². The molecule has 1 N–H and O–H groups in total. The third-order valence-electron chi connectivity index (χ3n) is 3.83. The number of rotatable bonds is 3. The van der Waals surface area contributed by atoms with E-state index in [4.69, 9.17) is 0 Å². The van der Waals surface area contributed by atoms with Crippen molar-refractivity contribution in [1.82, 2.24) is 15.3 Å². The number of nitrogens with one attached hydrogen (secondary N) is 1. The first-order chi connectivity index (χ1) is 8.95. The highest BCUT2D eigenvalue weighted by Crippen LogP contribution is 2.22. The van der Waals surface area contributed by atoms with Gasteiger partial charge in [-0.3, -0.25) is 5.43 Å². The second-order valence-corrected chi connectivity index (χ2v) is 6.57. The standard InChI is InChI=1S/C16H27N3/c1-16(2,3)15-7-5-14(6-8-15)13-17-19-11-9-18(4)10-12-19/h5-8,17H,9-13H2,1-4H3. The van der Waals surface area contributed by atoms with Gasteiger partial charge in [0, 0.05) is 32.7 Å². The minimum absolute atomic E-state index is 0.239. The molecule has 1 aliphatic rings. The van der Waals surface area contributed by atoms with Gasteiger partial charge in [-0.15, -0.1) is 0 Å². The molecule has 0 radical (unpaired) electrons. The van der Waals surface area contributed by atoms with Gasteiger partial charge in [-0.2, -0.15) is 0 Å². The van der Waals surface area contributed by atoms with E-state index in [1.807, 2.05) is 0 Å². The van der Waals surface area contributed by atoms with Crippen molar-refractivity contribution in [2.45, 2.75) is 32.7 Å². The van der Waals surface area contributed by atoms with Gasteiger partial charge in [0.15, 0.2) is 0 Å². The summed E-state index contributed by atoms with van der Waals surface area (Å²) in [5.41, 5.74) is 6.52. The highest BCUT2D eigenvalue weighted by atomic mass is 15.5. The molecule has 0 atom stereocenters. The largest absolute Gasteiger partial charge is 0.304 e. The summed E-state index contributed by atoms with van der Waals surface area (Å²) in [4.78, 5) is 2.37. The van der Waals surface area contributed by atoms with Crippen LogP contribution in [0.5, 0.6) is 0 Å². The van der Waals surface area contributed by atoms with Gasteiger partial charge >= 0.3 is 0 Å². The summed E-state index contributed by atoms with van der Waals surface area (Å²) in [7, 11) is 2.18. The van der Waals surface area contributed by atoms with E-state index in [2.05, 4.69) is 67.4 Å². The molecule has 0 saturated carbocycles. The van der Waals surface area contributed by atoms with Crippen LogP contribution in [0.15, 0.2) is 24.3 Å². The van der Waals surface area contributed by atoms with Crippen molar-refractivity contribution in [3.63, 3.8) is 0 Å². The number of benzene rings is 1. The van der Waals surface area contributed by atoms with Crippen molar-refractivity contribution in [3.8, 4) is 0 Å². The zero-order valence-corrected chi connectivity index (χ0v) is 12.7. The summed E-state index contributed by atoms with van der Waals surface area (Å²) in [6, 6.07) is 8.98. The van der Waals surface area contributed by atoms with Crippen LogP contribution in [0.2, 0.25) is 0 Å². The van der Waals surface area contributed by atoms with Crippen molar-refractivity contribution >= 4 is 0 Å². The summed E-state index contributed by atoms with van der Waals surface area (Å²) >= 11 is 0. The average molecular weight is 261 g/mol. The maximum atomic E-state index is 3.52. The van der Waals surface area contributed by atoms with Gasteiger partial charge < -0.3 is 4.90 Å². The molecule has 1 saturated heterocycles. The molecular weight excluding hydrogens is 234 g/mol. The van der Waals surface area contributed by atoms with Crippen LogP contribution >= 0.6 is 0 Å². The maximum absolute atomic E-state index is 3.52. The molecule has 0 amide bonds. The molecule has 3 nitrogen and oxygen atoms in total. The fourth-order valence-corrected chi connectivity index (χ4v) is 2.29. The molecule has 1 aromatic rings. The summed E-state index contributed by atoms with van der Waals surface area (Å²) in [5, 5.41) is 2.33. The minimum Gasteiger partial charge on any atom is -0.304 e. The predicted molar refractivity (Wildman–Crippen MR) is 81.1 cm³/mol. The molecular formula is C16H27N3. The highest BCUT2D eigenvalue weighted by molar-refractivity contribution is 5.27. The van der Waals surface area contributed by atoms with E-state index in [9.17, 15) is 0 Å². The van der Waals surface area contributed by atoms with Crippen LogP contribution in [0.4, 0.5) is 0 Å². The smallest absolute Gasteiger partial charge is 0.0353 e.